The lowest BCUT2D eigenvalue weighted by molar-refractivity contribution is -0.143. The van der Waals surface area contributed by atoms with E-state index in [1.807, 2.05) is 23.1 Å². The largest absolute Gasteiger partial charge is 0.337 e. The fourth-order valence-corrected chi connectivity index (χ4v) is 3.67. The van der Waals surface area contributed by atoms with E-state index in [1.54, 1.807) is 12.4 Å². The van der Waals surface area contributed by atoms with E-state index in [9.17, 15) is 4.79 Å². The van der Waals surface area contributed by atoms with Crippen molar-refractivity contribution in [2.24, 2.45) is 0 Å². The number of piperazine rings is 1. The average Bonchev–Trinajstić information content (AvgIpc) is 3.25. The zero-order valence-corrected chi connectivity index (χ0v) is 16.0. The van der Waals surface area contributed by atoms with Gasteiger partial charge in [0.25, 0.3) is 5.91 Å². The molecule has 2 aromatic rings. The molecule has 3 heterocycles. The molecular formula is C22H26N4O2. The Hall–Kier alpha value is -2.70. The molecule has 6 heteroatoms. The number of hydrogen-bond donors (Lipinski definition) is 1. The molecular weight excluding hydrogens is 352 g/mol. The zero-order chi connectivity index (χ0) is 19.2. The van der Waals surface area contributed by atoms with Crippen LogP contribution in [0.2, 0.25) is 0 Å². The van der Waals surface area contributed by atoms with Crippen molar-refractivity contribution in [3.63, 3.8) is 0 Å². The van der Waals surface area contributed by atoms with Crippen molar-refractivity contribution in [1.82, 2.24) is 20.3 Å². The van der Waals surface area contributed by atoms with Crippen molar-refractivity contribution >= 4 is 11.6 Å². The molecule has 0 bridgehead atoms. The first kappa shape index (κ1) is 18.7. The summed E-state index contributed by atoms with van der Waals surface area (Å²) in [5.41, 5.74) is 5.96. The number of amides is 1. The number of pyridine rings is 1. The van der Waals surface area contributed by atoms with E-state index < -0.39 is 6.10 Å². The summed E-state index contributed by atoms with van der Waals surface area (Å²) in [6, 6.07) is 14.4. The molecule has 0 aliphatic carbocycles. The number of aromatic nitrogens is 1. The summed E-state index contributed by atoms with van der Waals surface area (Å²) in [4.78, 5) is 26.7. The minimum atomic E-state index is -0.570. The fraction of sp³-hybridized carbons (Fsp3) is 0.364. The fourth-order valence-electron chi connectivity index (χ4n) is 3.67. The van der Waals surface area contributed by atoms with E-state index in [-0.39, 0.29) is 5.91 Å². The maximum Gasteiger partial charge on any atom is 0.258 e. The highest BCUT2D eigenvalue weighted by Gasteiger charge is 2.30. The van der Waals surface area contributed by atoms with Gasteiger partial charge in [-0.1, -0.05) is 30.3 Å². The van der Waals surface area contributed by atoms with Crippen molar-refractivity contribution in [3.05, 3.63) is 72.1 Å². The SMILES string of the molecule is O=C(C1C=C(c2cccnc2)NO1)N1CCN(CCCc2ccccc2)CC1. The smallest absolute Gasteiger partial charge is 0.258 e. The normalized spacial score (nSPS) is 19.9. The van der Waals surface area contributed by atoms with E-state index in [4.69, 9.17) is 4.84 Å². The predicted octanol–water partition coefficient (Wildman–Crippen LogP) is 2.10. The summed E-state index contributed by atoms with van der Waals surface area (Å²) in [7, 11) is 0. The highest BCUT2D eigenvalue weighted by atomic mass is 16.7. The van der Waals surface area contributed by atoms with Gasteiger partial charge in [0.05, 0.1) is 5.70 Å². The molecule has 1 aromatic heterocycles. The van der Waals surface area contributed by atoms with Crippen LogP contribution in [-0.2, 0) is 16.1 Å². The number of carbonyl (C=O) groups excluding carboxylic acids is 1. The van der Waals surface area contributed by atoms with Crippen LogP contribution in [0, 0.1) is 0 Å². The van der Waals surface area contributed by atoms with Gasteiger partial charge >= 0.3 is 0 Å². The van der Waals surface area contributed by atoms with Crippen molar-refractivity contribution in [1.29, 1.82) is 0 Å². The Balaban J connectivity index is 1.23. The van der Waals surface area contributed by atoms with Gasteiger partial charge in [-0.05, 0) is 43.2 Å². The highest BCUT2D eigenvalue weighted by molar-refractivity contribution is 5.86. The summed E-state index contributed by atoms with van der Waals surface area (Å²) >= 11 is 0. The first-order chi connectivity index (χ1) is 13.8. The average molecular weight is 378 g/mol. The number of hydrogen-bond acceptors (Lipinski definition) is 5. The maximum atomic E-state index is 12.8. The highest BCUT2D eigenvalue weighted by Crippen LogP contribution is 2.19. The lowest BCUT2D eigenvalue weighted by Gasteiger charge is -2.35. The van der Waals surface area contributed by atoms with Crippen LogP contribution in [0.3, 0.4) is 0 Å². The Morgan fingerprint density at radius 2 is 1.93 bits per heavy atom. The first-order valence-corrected chi connectivity index (χ1v) is 9.88. The minimum absolute atomic E-state index is 0.0234. The molecule has 1 aromatic carbocycles. The maximum absolute atomic E-state index is 12.8. The zero-order valence-electron chi connectivity index (χ0n) is 16.0. The molecule has 0 spiro atoms. The van der Waals surface area contributed by atoms with Crippen LogP contribution in [-0.4, -0.2) is 59.5 Å². The lowest BCUT2D eigenvalue weighted by atomic mass is 10.1. The van der Waals surface area contributed by atoms with Crippen LogP contribution in [0.1, 0.15) is 17.5 Å². The van der Waals surface area contributed by atoms with Gasteiger partial charge in [0, 0.05) is 44.1 Å². The van der Waals surface area contributed by atoms with Crippen molar-refractivity contribution in [2.45, 2.75) is 18.9 Å². The summed E-state index contributed by atoms with van der Waals surface area (Å²) < 4.78 is 0. The van der Waals surface area contributed by atoms with Crippen LogP contribution in [0.5, 0.6) is 0 Å². The molecule has 2 aliphatic heterocycles. The molecule has 1 fully saturated rings. The first-order valence-electron chi connectivity index (χ1n) is 9.88. The second-order valence-electron chi connectivity index (χ2n) is 7.22. The summed E-state index contributed by atoms with van der Waals surface area (Å²) in [6.07, 6.45) is 6.99. The number of aryl methyl sites for hydroxylation is 1. The molecule has 0 radical (unpaired) electrons. The Morgan fingerprint density at radius 1 is 1.11 bits per heavy atom. The molecule has 2 aliphatic rings. The number of benzene rings is 1. The van der Waals surface area contributed by atoms with Crippen LogP contribution in [0.4, 0.5) is 0 Å². The summed E-state index contributed by atoms with van der Waals surface area (Å²) in [5.74, 6) is 0.0234. The van der Waals surface area contributed by atoms with Gasteiger partial charge in [0.2, 0.25) is 0 Å². The summed E-state index contributed by atoms with van der Waals surface area (Å²) in [6.45, 7) is 4.41. The van der Waals surface area contributed by atoms with Crippen LogP contribution in [0.15, 0.2) is 60.9 Å². The molecule has 1 unspecified atom stereocenters. The number of carbonyl (C=O) groups is 1. The Kier molecular flexibility index (Phi) is 5.99. The third-order valence-electron chi connectivity index (χ3n) is 5.30. The van der Waals surface area contributed by atoms with E-state index >= 15 is 0 Å². The Bertz CT molecular complexity index is 802. The Morgan fingerprint density at radius 3 is 2.68 bits per heavy atom. The van der Waals surface area contributed by atoms with Gasteiger partial charge in [0.15, 0.2) is 6.10 Å². The molecule has 28 heavy (non-hydrogen) atoms. The van der Waals surface area contributed by atoms with E-state index in [0.29, 0.717) is 0 Å². The van der Waals surface area contributed by atoms with E-state index in [0.717, 1.165) is 56.8 Å². The molecule has 1 amide bonds. The van der Waals surface area contributed by atoms with Crippen LogP contribution < -0.4 is 5.48 Å². The quantitative estimate of drug-likeness (QED) is 0.834. The van der Waals surface area contributed by atoms with Crippen molar-refractivity contribution in [3.8, 4) is 0 Å². The van der Waals surface area contributed by atoms with Crippen molar-refractivity contribution < 1.29 is 9.63 Å². The topological polar surface area (TPSA) is 57.7 Å². The third kappa shape index (κ3) is 4.58. The summed E-state index contributed by atoms with van der Waals surface area (Å²) in [5, 5.41) is 0. The molecule has 0 saturated carbocycles. The second-order valence-corrected chi connectivity index (χ2v) is 7.22. The van der Waals surface area contributed by atoms with E-state index in [1.165, 1.54) is 5.56 Å². The number of nitrogens with zero attached hydrogens (tertiary/aromatic N) is 3. The van der Waals surface area contributed by atoms with Gasteiger partial charge in [-0.2, -0.15) is 0 Å². The monoisotopic (exact) mass is 378 g/mol. The molecule has 1 N–H and O–H groups in total. The second kappa shape index (κ2) is 8.99. The van der Waals surface area contributed by atoms with Gasteiger partial charge < -0.3 is 4.90 Å². The lowest BCUT2D eigenvalue weighted by Crippen LogP contribution is -2.51. The van der Waals surface area contributed by atoms with Gasteiger partial charge in [-0.15, -0.1) is 0 Å². The molecule has 146 valence electrons. The Labute approximate surface area is 165 Å². The van der Waals surface area contributed by atoms with Gasteiger partial charge in [-0.25, -0.2) is 0 Å². The number of rotatable bonds is 6. The van der Waals surface area contributed by atoms with Gasteiger partial charge in [0.1, 0.15) is 0 Å². The predicted molar refractivity (Wildman–Crippen MR) is 108 cm³/mol. The van der Waals surface area contributed by atoms with Crippen LogP contribution >= 0.6 is 0 Å². The standard InChI is InChI=1S/C22H26N4O2/c27-22(21-16-20(24-28-21)19-9-4-10-23-17-19)26-14-12-25(13-15-26)11-5-8-18-6-2-1-3-7-18/h1-4,6-7,9-10,16-17,21,24H,5,8,11-15H2. The van der Waals surface area contributed by atoms with Gasteiger partial charge in [-0.3, -0.25) is 25.0 Å². The molecule has 4 rings (SSSR count). The van der Waals surface area contributed by atoms with Crippen molar-refractivity contribution in [2.75, 3.05) is 32.7 Å². The number of nitrogens with one attached hydrogen (secondary N) is 1. The number of hydroxylamine groups is 1. The molecule has 1 saturated heterocycles. The van der Waals surface area contributed by atoms with Crippen LogP contribution in [0.25, 0.3) is 5.70 Å². The molecule has 6 nitrogen and oxygen atoms in total. The van der Waals surface area contributed by atoms with E-state index in [2.05, 4.69) is 45.7 Å². The third-order valence-corrected chi connectivity index (χ3v) is 5.30. The minimum Gasteiger partial charge on any atom is -0.337 e. The molecule has 1 atom stereocenters.